The summed E-state index contributed by atoms with van der Waals surface area (Å²) in [6.45, 7) is 0.384. The van der Waals surface area contributed by atoms with Crippen molar-refractivity contribution >= 4 is 40.4 Å². The van der Waals surface area contributed by atoms with E-state index in [0.29, 0.717) is 18.1 Å². The first kappa shape index (κ1) is 20.3. The van der Waals surface area contributed by atoms with Crippen LogP contribution in [-0.2, 0) is 9.59 Å². The molecule has 158 valence electrons. The number of anilines is 5. The zero-order chi connectivity index (χ0) is 21.8. The van der Waals surface area contributed by atoms with Gasteiger partial charge in [0.15, 0.2) is 5.82 Å². The molecule has 2 heterocycles. The minimum atomic E-state index is -0.380. The van der Waals surface area contributed by atoms with Crippen molar-refractivity contribution < 1.29 is 9.59 Å². The summed E-state index contributed by atoms with van der Waals surface area (Å²) >= 11 is 0. The molecule has 0 bridgehead atoms. The minimum absolute atomic E-state index is 0.0352. The Kier molecular flexibility index (Phi) is 5.79. The average Bonchev–Trinajstić information content (AvgIpc) is 3.18. The van der Waals surface area contributed by atoms with Gasteiger partial charge in [0, 0.05) is 50.2 Å². The normalized spacial score (nSPS) is 15.6. The number of carbonyl (C=O) groups is 2. The smallest absolute Gasteiger partial charge is 0.229 e. The fraction of sp³-hybridized carbons (Fsp3) is 0.217. The van der Waals surface area contributed by atoms with Gasteiger partial charge in [-0.25, -0.2) is 0 Å². The Labute approximate surface area is 180 Å². The monoisotopic (exact) mass is 416 g/mol. The molecule has 0 spiro atoms. The lowest BCUT2D eigenvalue weighted by Gasteiger charge is -2.16. The predicted molar refractivity (Wildman–Crippen MR) is 122 cm³/mol. The number of nitrogens with zero attached hydrogens (tertiary/aromatic N) is 4. The number of carbonyl (C=O) groups excluding carboxylic acids is 2. The predicted octanol–water partition coefficient (Wildman–Crippen LogP) is 3.28. The van der Waals surface area contributed by atoms with Gasteiger partial charge < -0.3 is 20.4 Å². The van der Waals surface area contributed by atoms with E-state index in [1.54, 1.807) is 11.1 Å². The number of hydrogen-bond acceptors (Lipinski definition) is 6. The molecule has 31 heavy (non-hydrogen) atoms. The minimum Gasteiger partial charge on any atom is -0.376 e. The van der Waals surface area contributed by atoms with Crippen molar-refractivity contribution in [3.63, 3.8) is 0 Å². The van der Waals surface area contributed by atoms with Crippen LogP contribution < -0.4 is 20.4 Å². The van der Waals surface area contributed by atoms with Crippen LogP contribution in [0.25, 0.3) is 0 Å². The fourth-order valence-corrected chi connectivity index (χ4v) is 3.43. The van der Waals surface area contributed by atoms with Crippen molar-refractivity contribution in [2.24, 2.45) is 5.92 Å². The average molecular weight is 416 g/mol. The van der Waals surface area contributed by atoms with E-state index < -0.39 is 0 Å². The summed E-state index contributed by atoms with van der Waals surface area (Å²) in [5.74, 6) is 0.0621. The van der Waals surface area contributed by atoms with Gasteiger partial charge in [0.25, 0.3) is 0 Å². The van der Waals surface area contributed by atoms with E-state index in [9.17, 15) is 9.59 Å². The number of rotatable bonds is 6. The lowest BCUT2D eigenvalue weighted by atomic mass is 10.1. The van der Waals surface area contributed by atoms with Crippen molar-refractivity contribution in [3.05, 3.63) is 66.9 Å². The van der Waals surface area contributed by atoms with Crippen LogP contribution in [0.2, 0.25) is 0 Å². The van der Waals surface area contributed by atoms with Crippen molar-refractivity contribution in [1.82, 2.24) is 10.2 Å². The highest BCUT2D eigenvalue weighted by Crippen LogP contribution is 2.26. The number of benzene rings is 2. The summed E-state index contributed by atoms with van der Waals surface area (Å²) in [4.78, 5) is 28.7. The molecule has 1 aromatic heterocycles. The van der Waals surface area contributed by atoms with Gasteiger partial charge in [-0.3, -0.25) is 9.59 Å². The van der Waals surface area contributed by atoms with Crippen molar-refractivity contribution in [2.75, 3.05) is 41.1 Å². The molecule has 3 aromatic rings. The molecule has 0 aliphatic carbocycles. The molecular formula is C23H24N6O2. The Balaban J connectivity index is 1.36. The summed E-state index contributed by atoms with van der Waals surface area (Å²) in [7, 11) is 3.88. The molecule has 8 nitrogen and oxygen atoms in total. The Morgan fingerprint density at radius 2 is 1.77 bits per heavy atom. The Morgan fingerprint density at radius 3 is 2.48 bits per heavy atom. The van der Waals surface area contributed by atoms with Crippen LogP contribution in [0, 0.1) is 5.92 Å². The van der Waals surface area contributed by atoms with Crippen LogP contribution in [0.3, 0.4) is 0 Å². The molecule has 0 saturated carbocycles. The highest BCUT2D eigenvalue weighted by Gasteiger charge is 2.35. The maximum atomic E-state index is 12.7. The second-order valence-corrected chi connectivity index (χ2v) is 7.63. The molecular weight excluding hydrogens is 392 g/mol. The van der Waals surface area contributed by atoms with E-state index in [1.165, 1.54) is 0 Å². The summed E-state index contributed by atoms with van der Waals surface area (Å²) < 4.78 is 0. The molecule has 1 fully saturated rings. The largest absolute Gasteiger partial charge is 0.376 e. The van der Waals surface area contributed by atoms with Gasteiger partial charge in [-0.2, -0.15) is 5.10 Å². The maximum absolute atomic E-state index is 12.7. The fourth-order valence-electron chi connectivity index (χ4n) is 3.43. The van der Waals surface area contributed by atoms with Gasteiger partial charge in [-0.1, -0.05) is 18.2 Å². The molecule has 1 aliphatic heterocycles. The summed E-state index contributed by atoms with van der Waals surface area (Å²) in [5, 5.41) is 14.2. The van der Waals surface area contributed by atoms with Crippen molar-refractivity contribution in [1.29, 1.82) is 0 Å². The first-order chi connectivity index (χ1) is 15.0. The molecule has 1 aliphatic rings. The van der Waals surface area contributed by atoms with Crippen LogP contribution in [0.1, 0.15) is 6.42 Å². The third kappa shape index (κ3) is 4.80. The van der Waals surface area contributed by atoms with E-state index in [4.69, 9.17) is 0 Å². The molecule has 2 N–H and O–H groups in total. The molecule has 1 saturated heterocycles. The van der Waals surface area contributed by atoms with E-state index >= 15 is 0 Å². The molecule has 1 unspecified atom stereocenters. The molecule has 2 aromatic carbocycles. The van der Waals surface area contributed by atoms with E-state index in [1.807, 2.05) is 79.7 Å². The number of hydrogen-bond donors (Lipinski definition) is 2. The SMILES string of the molecule is CN(C)c1cnnc(Nc2ccc(NC(=O)C3CC(=O)N(c4ccccc4)C3)cc2)c1. The van der Waals surface area contributed by atoms with E-state index in [-0.39, 0.29) is 24.2 Å². The number of para-hydroxylation sites is 1. The third-order valence-corrected chi connectivity index (χ3v) is 5.15. The Morgan fingerprint density at radius 1 is 1.06 bits per heavy atom. The molecule has 4 rings (SSSR count). The van der Waals surface area contributed by atoms with Gasteiger partial charge in [0.1, 0.15) is 0 Å². The van der Waals surface area contributed by atoms with Gasteiger partial charge in [-0.05, 0) is 36.4 Å². The Hall–Kier alpha value is -3.94. The zero-order valence-corrected chi connectivity index (χ0v) is 17.4. The standard InChI is InChI=1S/C23H24N6O2/c1-28(2)20-13-21(27-24-14-20)25-17-8-10-18(11-9-17)26-23(31)16-12-22(30)29(15-16)19-6-4-3-5-7-19/h3-11,13-14,16H,12,15H2,1-2H3,(H,25,27)(H,26,31). The van der Waals surface area contributed by atoms with Gasteiger partial charge in [0.05, 0.1) is 17.8 Å². The summed E-state index contributed by atoms with van der Waals surface area (Å²) in [6.07, 6.45) is 1.90. The van der Waals surface area contributed by atoms with Crippen LogP contribution in [0.15, 0.2) is 66.9 Å². The second kappa shape index (κ2) is 8.83. The van der Waals surface area contributed by atoms with E-state index in [0.717, 1.165) is 17.1 Å². The first-order valence-corrected chi connectivity index (χ1v) is 10.0. The number of amides is 2. The molecule has 1 atom stereocenters. The summed E-state index contributed by atoms with van der Waals surface area (Å²) in [6, 6.07) is 18.7. The quantitative estimate of drug-likeness (QED) is 0.641. The maximum Gasteiger partial charge on any atom is 0.229 e. The summed E-state index contributed by atoms with van der Waals surface area (Å²) in [5.41, 5.74) is 3.26. The second-order valence-electron chi connectivity index (χ2n) is 7.63. The van der Waals surface area contributed by atoms with Gasteiger partial charge in [0.2, 0.25) is 11.8 Å². The van der Waals surface area contributed by atoms with Crippen LogP contribution in [-0.4, -0.2) is 42.7 Å². The molecule has 8 heteroatoms. The van der Waals surface area contributed by atoms with Gasteiger partial charge in [-0.15, -0.1) is 5.10 Å². The highest BCUT2D eigenvalue weighted by molar-refractivity contribution is 6.03. The van der Waals surface area contributed by atoms with Gasteiger partial charge >= 0.3 is 0 Å². The van der Waals surface area contributed by atoms with E-state index in [2.05, 4.69) is 20.8 Å². The van der Waals surface area contributed by atoms with Crippen molar-refractivity contribution in [2.45, 2.75) is 6.42 Å². The highest BCUT2D eigenvalue weighted by atomic mass is 16.2. The zero-order valence-electron chi connectivity index (χ0n) is 17.4. The Bertz CT molecular complexity index is 1070. The third-order valence-electron chi connectivity index (χ3n) is 5.15. The first-order valence-electron chi connectivity index (χ1n) is 10.0. The number of aromatic nitrogens is 2. The molecule has 2 amide bonds. The van der Waals surface area contributed by atoms with Crippen LogP contribution in [0.4, 0.5) is 28.6 Å². The van der Waals surface area contributed by atoms with Crippen LogP contribution in [0.5, 0.6) is 0 Å². The molecule has 0 radical (unpaired) electrons. The van der Waals surface area contributed by atoms with Crippen molar-refractivity contribution in [3.8, 4) is 0 Å². The van der Waals surface area contributed by atoms with Crippen LogP contribution >= 0.6 is 0 Å². The topological polar surface area (TPSA) is 90.5 Å². The lowest BCUT2D eigenvalue weighted by molar-refractivity contribution is -0.122. The lowest BCUT2D eigenvalue weighted by Crippen LogP contribution is -2.28. The number of nitrogens with one attached hydrogen (secondary N) is 2.